The fourth-order valence-corrected chi connectivity index (χ4v) is 7.42. The first-order valence-electron chi connectivity index (χ1n) is 23.9. The zero-order valence-corrected chi connectivity index (χ0v) is 37.9. The first-order chi connectivity index (χ1) is 30.0. The summed E-state index contributed by atoms with van der Waals surface area (Å²) in [5, 5.41) is 71.9. The molecule has 11 atom stereocenters. The Balaban J connectivity index is 1.84. The SMILES string of the molecule is CCCCC/C=C\C/C=C\CCCCCCCC(=O)OC[C@H](COC1OC(COC2OC(CO)C(O)C(O)C2O)C(O)C(O)C1O)OC(=O)CCCCCCCCCCCCC. The van der Waals surface area contributed by atoms with Crippen molar-refractivity contribution in [1.82, 2.24) is 0 Å². The maximum atomic E-state index is 12.9. The monoisotopic (exact) mass is 889 g/mol. The van der Waals surface area contributed by atoms with Crippen LogP contribution < -0.4 is 0 Å². The molecule has 362 valence electrons. The minimum atomic E-state index is -1.76. The van der Waals surface area contributed by atoms with Gasteiger partial charge in [-0.2, -0.15) is 0 Å². The van der Waals surface area contributed by atoms with Crippen LogP contribution >= 0.6 is 0 Å². The van der Waals surface area contributed by atoms with Crippen LogP contribution in [0.2, 0.25) is 0 Å². The van der Waals surface area contributed by atoms with Gasteiger partial charge in [-0.25, -0.2) is 0 Å². The highest BCUT2D eigenvalue weighted by Gasteiger charge is 2.47. The van der Waals surface area contributed by atoms with Gasteiger partial charge < -0.3 is 64.2 Å². The number of carbonyl (C=O) groups excluding carboxylic acids is 2. The van der Waals surface area contributed by atoms with Crippen LogP contribution in [0.4, 0.5) is 0 Å². The number of unbranched alkanes of at least 4 members (excludes halogenated alkanes) is 18. The zero-order valence-electron chi connectivity index (χ0n) is 37.9. The van der Waals surface area contributed by atoms with Crippen molar-refractivity contribution in [3.8, 4) is 0 Å². The lowest BCUT2D eigenvalue weighted by molar-refractivity contribution is -0.332. The summed E-state index contributed by atoms with van der Waals surface area (Å²) in [6.07, 6.45) is 16.4. The van der Waals surface area contributed by atoms with E-state index in [-0.39, 0.29) is 26.1 Å². The molecule has 0 aromatic heterocycles. The summed E-state index contributed by atoms with van der Waals surface area (Å²) in [5.41, 5.74) is 0. The van der Waals surface area contributed by atoms with Gasteiger partial charge in [0, 0.05) is 12.8 Å². The molecule has 0 aliphatic carbocycles. The average molecular weight is 889 g/mol. The van der Waals surface area contributed by atoms with Crippen LogP contribution in [0, 0.1) is 0 Å². The Hall–Kier alpha value is -2.02. The van der Waals surface area contributed by atoms with E-state index in [0.29, 0.717) is 12.8 Å². The normalized spacial score (nSPS) is 27.2. The number of hydrogen-bond acceptors (Lipinski definition) is 15. The summed E-state index contributed by atoms with van der Waals surface area (Å²) >= 11 is 0. The molecule has 0 aromatic rings. The zero-order chi connectivity index (χ0) is 45.4. The molecule has 0 amide bonds. The quantitative estimate of drug-likeness (QED) is 0.0231. The molecule has 2 aliphatic heterocycles. The molecule has 0 aromatic carbocycles. The number of carbonyl (C=O) groups is 2. The lowest BCUT2D eigenvalue weighted by atomic mass is 9.98. The van der Waals surface area contributed by atoms with Gasteiger partial charge in [-0.3, -0.25) is 9.59 Å². The number of aliphatic hydroxyl groups excluding tert-OH is 7. The van der Waals surface area contributed by atoms with E-state index in [9.17, 15) is 45.3 Å². The van der Waals surface area contributed by atoms with E-state index in [1.165, 1.54) is 64.2 Å². The lowest BCUT2D eigenvalue weighted by Gasteiger charge is -2.42. The van der Waals surface area contributed by atoms with Crippen LogP contribution in [-0.2, 0) is 38.0 Å². The number of esters is 2. The van der Waals surface area contributed by atoms with E-state index in [2.05, 4.69) is 38.2 Å². The van der Waals surface area contributed by atoms with Gasteiger partial charge in [-0.05, 0) is 44.9 Å². The molecule has 0 radical (unpaired) electrons. The highest BCUT2D eigenvalue weighted by molar-refractivity contribution is 5.70. The Kier molecular flexibility index (Phi) is 31.9. The van der Waals surface area contributed by atoms with Gasteiger partial charge in [0.1, 0.15) is 55.4 Å². The van der Waals surface area contributed by atoms with Gasteiger partial charge in [0.2, 0.25) is 0 Å². The van der Waals surface area contributed by atoms with Crippen molar-refractivity contribution in [2.45, 2.75) is 235 Å². The van der Waals surface area contributed by atoms with Gasteiger partial charge in [0.05, 0.1) is 19.8 Å². The standard InChI is InChI=1S/C47H84O15/c1-3-5-7-9-11-13-15-16-17-18-20-21-23-25-27-29-38(49)57-32-35(60-39(50)30-28-26-24-22-19-14-12-10-8-6-4-2)33-58-46-45(56)43(54)41(52)37(62-46)34-59-47-44(55)42(53)40(51)36(31-48)61-47/h11,13,16-17,35-37,40-48,51-56H,3-10,12,14-15,18-34H2,1-2H3/b13-11-,17-16-/t35-,36?,37?,40?,41?,42?,43?,44?,45?,46?,47?/m1/s1. The number of allylic oxidation sites excluding steroid dienone is 4. The highest BCUT2D eigenvalue weighted by atomic mass is 16.7. The maximum absolute atomic E-state index is 12.9. The van der Waals surface area contributed by atoms with Crippen molar-refractivity contribution in [1.29, 1.82) is 0 Å². The van der Waals surface area contributed by atoms with Crippen LogP contribution in [0.5, 0.6) is 0 Å². The van der Waals surface area contributed by atoms with Gasteiger partial charge in [0.15, 0.2) is 18.7 Å². The summed E-state index contributed by atoms with van der Waals surface area (Å²) in [6.45, 7) is 2.53. The number of hydrogen-bond donors (Lipinski definition) is 7. The van der Waals surface area contributed by atoms with Gasteiger partial charge in [-0.15, -0.1) is 0 Å². The Bertz CT molecular complexity index is 1180. The van der Waals surface area contributed by atoms with E-state index in [0.717, 1.165) is 64.2 Å². The van der Waals surface area contributed by atoms with E-state index in [1.807, 2.05) is 0 Å². The van der Waals surface area contributed by atoms with Crippen LogP contribution in [0.15, 0.2) is 24.3 Å². The molecular weight excluding hydrogens is 805 g/mol. The van der Waals surface area contributed by atoms with Crippen LogP contribution in [0.25, 0.3) is 0 Å². The highest BCUT2D eigenvalue weighted by Crippen LogP contribution is 2.26. The third-order valence-electron chi connectivity index (χ3n) is 11.4. The Morgan fingerprint density at radius 3 is 1.53 bits per heavy atom. The van der Waals surface area contributed by atoms with Crippen molar-refractivity contribution in [3.05, 3.63) is 24.3 Å². The number of rotatable bonds is 36. The maximum Gasteiger partial charge on any atom is 0.306 e. The second-order valence-corrected chi connectivity index (χ2v) is 16.9. The first-order valence-corrected chi connectivity index (χ1v) is 23.9. The molecule has 2 aliphatic rings. The third kappa shape index (κ3) is 23.8. The molecule has 2 fully saturated rings. The molecule has 2 rings (SSSR count). The molecule has 2 heterocycles. The summed E-state index contributed by atoms with van der Waals surface area (Å²) in [4.78, 5) is 25.6. The smallest absolute Gasteiger partial charge is 0.306 e. The van der Waals surface area contributed by atoms with Crippen molar-refractivity contribution < 1.29 is 73.8 Å². The second kappa shape index (κ2) is 35.3. The summed E-state index contributed by atoms with van der Waals surface area (Å²) in [5.74, 6) is -0.939. The largest absolute Gasteiger partial charge is 0.462 e. The van der Waals surface area contributed by atoms with Crippen LogP contribution in [-0.4, -0.2) is 142 Å². The van der Waals surface area contributed by atoms with E-state index >= 15 is 0 Å². The number of aliphatic hydroxyl groups is 7. The molecule has 2 saturated heterocycles. The molecule has 0 spiro atoms. The second-order valence-electron chi connectivity index (χ2n) is 16.9. The van der Waals surface area contributed by atoms with Crippen LogP contribution in [0.1, 0.15) is 168 Å². The van der Waals surface area contributed by atoms with Crippen molar-refractivity contribution >= 4 is 11.9 Å². The molecule has 62 heavy (non-hydrogen) atoms. The topological polar surface area (TPSA) is 231 Å². The molecule has 0 bridgehead atoms. The molecule has 15 nitrogen and oxygen atoms in total. The van der Waals surface area contributed by atoms with E-state index in [1.54, 1.807) is 0 Å². The predicted molar refractivity (Wildman–Crippen MR) is 234 cm³/mol. The Labute approximate surface area is 371 Å². The molecule has 10 unspecified atom stereocenters. The van der Waals surface area contributed by atoms with Crippen LogP contribution in [0.3, 0.4) is 0 Å². The first kappa shape index (κ1) is 56.1. The predicted octanol–water partition coefficient (Wildman–Crippen LogP) is 5.60. The van der Waals surface area contributed by atoms with Crippen molar-refractivity contribution in [2.24, 2.45) is 0 Å². The van der Waals surface area contributed by atoms with Crippen molar-refractivity contribution in [2.75, 3.05) is 26.4 Å². The minimum absolute atomic E-state index is 0.165. The molecule has 15 heteroatoms. The molecular formula is C47H84O15. The average Bonchev–Trinajstić information content (AvgIpc) is 3.26. The fourth-order valence-electron chi connectivity index (χ4n) is 7.42. The fraction of sp³-hybridized carbons (Fsp3) is 0.872. The summed E-state index contributed by atoms with van der Waals surface area (Å²) in [6, 6.07) is 0. The third-order valence-corrected chi connectivity index (χ3v) is 11.4. The summed E-state index contributed by atoms with van der Waals surface area (Å²) < 4.78 is 33.5. The molecule has 7 N–H and O–H groups in total. The Morgan fingerprint density at radius 1 is 0.516 bits per heavy atom. The minimum Gasteiger partial charge on any atom is -0.462 e. The van der Waals surface area contributed by atoms with Crippen molar-refractivity contribution in [3.63, 3.8) is 0 Å². The van der Waals surface area contributed by atoms with E-state index in [4.69, 9.17) is 28.4 Å². The lowest BCUT2D eigenvalue weighted by Crippen LogP contribution is -2.61. The van der Waals surface area contributed by atoms with E-state index < -0.39 is 92.7 Å². The summed E-state index contributed by atoms with van der Waals surface area (Å²) in [7, 11) is 0. The van der Waals surface area contributed by atoms with Gasteiger partial charge in [0.25, 0.3) is 0 Å². The molecule has 0 saturated carbocycles. The number of ether oxygens (including phenoxy) is 6. The Morgan fingerprint density at radius 2 is 0.968 bits per heavy atom. The van der Waals surface area contributed by atoms with Gasteiger partial charge in [-0.1, -0.05) is 134 Å². The van der Waals surface area contributed by atoms with Gasteiger partial charge >= 0.3 is 11.9 Å².